The summed E-state index contributed by atoms with van der Waals surface area (Å²) in [5.74, 6) is 1.36. The highest BCUT2D eigenvalue weighted by atomic mass is 79.9. The van der Waals surface area contributed by atoms with Crippen LogP contribution in [0.2, 0.25) is 0 Å². The minimum atomic E-state index is 0.110. The van der Waals surface area contributed by atoms with Gasteiger partial charge in [-0.25, -0.2) is 0 Å². The number of ether oxygens (including phenoxy) is 1. The van der Waals surface area contributed by atoms with Crippen LogP contribution >= 0.6 is 15.9 Å². The van der Waals surface area contributed by atoms with Gasteiger partial charge < -0.3 is 10.5 Å². The number of hydrogen-bond donors (Lipinski definition) is 1. The Morgan fingerprint density at radius 1 is 1.15 bits per heavy atom. The molecule has 0 amide bonds. The van der Waals surface area contributed by atoms with Crippen LogP contribution in [0.5, 0.6) is 5.75 Å². The van der Waals surface area contributed by atoms with Gasteiger partial charge in [0.05, 0.1) is 6.61 Å². The largest absolute Gasteiger partial charge is 0.493 e. The zero-order chi connectivity index (χ0) is 13.9. The zero-order valence-corrected chi connectivity index (χ0v) is 12.8. The maximum absolute atomic E-state index is 6.49. The second-order valence-electron chi connectivity index (χ2n) is 5.24. The molecule has 2 aromatic carbocycles. The molecule has 0 spiro atoms. The van der Waals surface area contributed by atoms with Crippen molar-refractivity contribution in [3.05, 3.63) is 64.1 Å². The van der Waals surface area contributed by atoms with Gasteiger partial charge in [0, 0.05) is 16.4 Å². The van der Waals surface area contributed by atoms with Gasteiger partial charge >= 0.3 is 0 Å². The van der Waals surface area contributed by atoms with Crippen LogP contribution in [-0.4, -0.2) is 12.6 Å². The molecule has 0 bridgehead atoms. The summed E-state index contributed by atoms with van der Waals surface area (Å²) in [5, 5.41) is 0. The van der Waals surface area contributed by atoms with Gasteiger partial charge in [-0.2, -0.15) is 0 Å². The summed E-state index contributed by atoms with van der Waals surface area (Å²) >= 11 is 3.60. The number of rotatable bonds is 3. The first-order chi connectivity index (χ1) is 9.75. The normalized spacial score (nSPS) is 19.0. The highest BCUT2D eigenvalue weighted by Gasteiger charge is 2.26. The van der Waals surface area contributed by atoms with Crippen molar-refractivity contribution >= 4 is 15.9 Å². The van der Waals surface area contributed by atoms with Crippen LogP contribution in [-0.2, 0) is 6.42 Å². The average molecular weight is 332 g/mol. The van der Waals surface area contributed by atoms with E-state index in [1.165, 1.54) is 11.1 Å². The Labute approximate surface area is 128 Å². The lowest BCUT2D eigenvalue weighted by molar-refractivity contribution is 0.254. The third kappa shape index (κ3) is 2.74. The Hall–Kier alpha value is -1.32. The quantitative estimate of drug-likeness (QED) is 0.926. The van der Waals surface area contributed by atoms with E-state index in [-0.39, 0.29) is 6.04 Å². The molecule has 1 aliphatic rings. The predicted molar refractivity (Wildman–Crippen MR) is 85.1 cm³/mol. The smallest absolute Gasteiger partial charge is 0.122 e. The molecule has 2 nitrogen and oxygen atoms in total. The standard InChI is InChI=1S/C17H18BrNO/c18-15-7-3-1-5-12(15)11-16(19)13-9-10-20-17-8-4-2-6-14(13)17/h1-8,13,16H,9-11,19H2. The van der Waals surface area contributed by atoms with Crippen LogP contribution in [0, 0.1) is 0 Å². The molecule has 3 rings (SSSR count). The van der Waals surface area contributed by atoms with Crippen molar-refractivity contribution in [3.8, 4) is 5.75 Å². The van der Waals surface area contributed by atoms with Gasteiger partial charge in [0.1, 0.15) is 5.75 Å². The molecular formula is C17H18BrNO. The molecular weight excluding hydrogens is 314 g/mol. The van der Waals surface area contributed by atoms with Crippen molar-refractivity contribution in [2.45, 2.75) is 24.8 Å². The molecule has 2 atom stereocenters. The molecule has 3 heteroatoms. The molecule has 1 aliphatic heterocycles. The summed E-state index contributed by atoms with van der Waals surface area (Å²) in [6.07, 6.45) is 1.86. The van der Waals surface area contributed by atoms with E-state index in [9.17, 15) is 0 Å². The lowest BCUT2D eigenvalue weighted by atomic mass is 9.84. The van der Waals surface area contributed by atoms with Crippen molar-refractivity contribution < 1.29 is 4.74 Å². The van der Waals surface area contributed by atoms with Crippen molar-refractivity contribution in [2.75, 3.05) is 6.61 Å². The van der Waals surface area contributed by atoms with Gasteiger partial charge in [-0.05, 0) is 36.1 Å². The Balaban J connectivity index is 1.82. The Bertz CT molecular complexity index is 599. The fourth-order valence-corrected chi connectivity index (χ4v) is 3.32. The lowest BCUT2D eigenvalue weighted by Crippen LogP contribution is -2.34. The lowest BCUT2D eigenvalue weighted by Gasteiger charge is -2.30. The summed E-state index contributed by atoms with van der Waals surface area (Å²) in [5.41, 5.74) is 9.00. The number of fused-ring (bicyclic) bond motifs is 1. The van der Waals surface area contributed by atoms with E-state index in [2.05, 4.69) is 46.3 Å². The molecule has 1 heterocycles. The van der Waals surface area contributed by atoms with E-state index in [1.807, 2.05) is 18.2 Å². The van der Waals surface area contributed by atoms with Gasteiger partial charge in [-0.1, -0.05) is 52.3 Å². The predicted octanol–water partition coefficient (Wildman–Crippen LogP) is 3.89. The van der Waals surface area contributed by atoms with Gasteiger partial charge in [0.25, 0.3) is 0 Å². The molecule has 2 N–H and O–H groups in total. The third-order valence-corrected chi connectivity index (χ3v) is 4.71. The summed E-state index contributed by atoms with van der Waals surface area (Å²) in [7, 11) is 0. The van der Waals surface area contributed by atoms with Crippen molar-refractivity contribution in [3.63, 3.8) is 0 Å². The summed E-state index contributed by atoms with van der Waals surface area (Å²) in [6, 6.07) is 16.7. The van der Waals surface area contributed by atoms with Crippen LogP contribution < -0.4 is 10.5 Å². The maximum Gasteiger partial charge on any atom is 0.122 e. The van der Waals surface area contributed by atoms with Crippen LogP contribution in [0.1, 0.15) is 23.5 Å². The second kappa shape index (κ2) is 5.98. The molecule has 0 aromatic heterocycles. The Morgan fingerprint density at radius 3 is 2.75 bits per heavy atom. The minimum Gasteiger partial charge on any atom is -0.493 e. The second-order valence-corrected chi connectivity index (χ2v) is 6.10. The SMILES string of the molecule is NC(Cc1ccccc1Br)C1CCOc2ccccc21. The van der Waals surface area contributed by atoms with Crippen molar-refractivity contribution in [1.29, 1.82) is 0 Å². The topological polar surface area (TPSA) is 35.2 Å². The summed E-state index contributed by atoms with van der Waals surface area (Å²) in [4.78, 5) is 0. The van der Waals surface area contributed by atoms with Gasteiger partial charge in [0.2, 0.25) is 0 Å². The maximum atomic E-state index is 6.49. The average Bonchev–Trinajstić information content (AvgIpc) is 2.49. The molecule has 2 aromatic rings. The molecule has 0 radical (unpaired) electrons. The van der Waals surface area contributed by atoms with Gasteiger partial charge in [0.15, 0.2) is 0 Å². The van der Waals surface area contributed by atoms with Gasteiger partial charge in [-0.3, -0.25) is 0 Å². The number of hydrogen-bond acceptors (Lipinski definition) is 2. The third-order valence-electron chi connectivity index (χ3n) is 3.94. The van der Waals surface area contributed by atoms with E-state index >= 15 is 0 Å². The first-order valence-electron chi connectivity index (χ1n) is 6.96. The fraction of sp³-hybridized carbons (Fsp3) is 0.294. The van der Waals surface area contributed by atoms with Crippen LogP contribution in [0.25, 0.3) is 0 Å². The fourth-order valence-electron chi connectivity index (χ4n) is 2.87. The summed E-state index contributed by atoms with van der Waals surface area (Å²) in [6.45, 7) is 0.755. The Kier molecular flexibility index (Phi) is 4.08. The highest BCUT2D eigenvalue weighted by molar-refractivity contribution is 9.10. The first-order valence-corrected chi connectivity index (χ1v) is 7.75. The number of halogens is 1. The van der Waals surface area contributed by atoms with E-state index in [1.54, 1.807) is 0 Å². The number of para-hydroxylation sites is 1. The van der Waals surface area contributed by atoms with E-state index in [4.69, 9.17) is 10.5 Å². The van der Waals surface area contributed by atoms with E-state index in [0.29, 0.717) is 5.92 Å². The zero-order valence-electron chi connectivity index (χ0n) is 11.3. The van der Waals surface area contributed by atoms with Crippen molar-refractivity contribution in [2.24, 2.45) is 5.73 Å². The van der Waals surface area contributed by atoms with Gasteiger partial charge in [-0.15, -0.1) is 0 Å². The molecule has 20 heavy (non-hydrogen) atoms. The van der Waals surface area contributed by atoms with Crippen LogP contribution in [0.15, 0.2) is 53.0 Å². The minimum absolute atomic E-state index is 0.110. The molecule has 0 aliphatic carbocycles. The number of benzene rings is 2. The molecule has 0 fully saturated rings. The number of nitrogens with two attached hydrogens (primary N) is 1. The van der Waals surface area contributed by atoms with E-state index < -0.39 is 0 Å². The monoisotopic (exact) mass is 331 g/mol. The first kappa shape index (κ1) is 13.7. The van der Waals surface area contributed by atoms with Crippen LogP contribution in [0.4, 0.5) is 0 Å². The molecule has 104 valence electrons. The molecule has 0 saturated carbocycles. The Morgan fingerprint density at radius 2 is 1.90 bits per heavy atom. The van der Waals surface area contributed by atoms with Crippen molar-refractivity contribution in [1.82, 2.24) is 0 Å². The highest BCUT2D eigenvalue weighted by Crippen LogP contribution is 2.36. The molecule has 0 saturated heterocycles. The molecule has 2 unspecified atom stereocenters. The van der Waals surface area contributed by atoms with E-state index in [0.717, 1.165) is 29.7 Å². The summed E-state index contributed by atoms with van der Waals surface area (Å²) < 4.78 is 6.85. The van der Waals surface area contributed by atoms with Crippen LogP contribution in [0.3, 0.4) is 0 Å².